The van der Waals surface area contributed by atoms with Crippen molar-refractivity contribution in [3.8, 4) is 17.0 Å². The van der Waals surface area contributed by atoms with Gasteiger partial charge in [0.05, 0.1) is 23.9 Å². The van der Waals surface area contributed by atoms with Gasteiger partial charge in [0, 0.05) is 40.8 Å². The average Bonchev–Trinajstić information content (AvgIpc) is 3.19. The number of rotatable bonds is 5. The third-order valence-electron chi connectivity index (χ3n) is 5.85. The number of nitrogens with two attached hydrogens (primary N) is 1. The van der Waals surface area contributed by atoms with Gasteiger partial charge in [0.25, 0.3) is 5.91 Å². The number of primary sulfonamides is 1. The molecule has 0 radical (unpaired) electrons. The molecule has 2 aromatic heterocycles. The highest BCUT2D eigenvalue weighted by Crippen LogP contribution is 2.30. The molecule has 0 atom stereocenters. The molecule has 0 spiro atoms. The minimum atomic E-state index is -3.93. The SMILES string of the molecule is COc1ccc2nc(-c3ccccc3)cc(C(=O)Nc3ccc4c(c3)c(S(N)(=O)=O)cn4C)c2c1. The molecule has 3 N–H and O–H groups in total. The van der Waals surface area contributed by atoms with Crippen molar-refractivity contribution in [2.75, 3.05) is 12.4 Å². The Balaban J connectivity index is 1.62. The number of ether oxygens (including phenoxy) is 1. The van der Waals surface area contributed by atoms with Crippen molar-refractivity contribution in [1.29, 1.82) is 0 Å². The summed E-state index contributed by atoms with van der Waals surface area (Å²) in [5.41, 5.74) is 3.70. The molecule has 0 saturated heterocycles. The van der Waals surface area contributed by atoms with E-state index in [1.165, 1.54) is 6.20 Å². The molecule has 0 aliphatic heterocycles. The van der Waals surface area contributed by atoms with Crippen molar-refractivity contribution in [2.45, 2.75) is 4.90 Å². The standard InChI is InChI=1S/C26H22N4O4S/c1-30-15-25(35(27,32)33)21-12-17(8-11-24(21)30)28-26(31)20-14-23(16-6-4-3-5-7-16)29-22-10-9-18(34-2)13-19(20)22/h3-15H,1-2H3,(H,28,31)(H2,27,32,33). The maximum atomic E-state index is 13.5. The summed E-state index contributed by atoms with van der Waals surface area (Å²) in [5.74, 6) is 0.236. The van der Waals surface area contributed by atoms with Crippen molar-refractivity contribution < 1.29 is 17.9 Å². The van der Waals surface area contributed by atoms with E-state index in [4.69, 9.17) is 14.9 Å². The van der Waals surface area contributed by atoms with Gasteiger partial charge in [-0.1, -0.05) is 30.3 Å². The van der Waals surface area contributed by atoms with Gasteiger partial charge in [-0.05, 0) is 42.5 Å². The summed E-state index contributed by atoms with van der Waals surface area (Å²) in [7, 11) is -0.641. The number of methoxy groups -OCH3 is 1. The first kappa shape index (κ1) is 22.6. The molecular weight excluding hydrogens is 464 g/mol. The van der Waals surface area contributed by atoms with Crippen molar-refractivity contribution in [3.63, 3.8) is 0 Å². The van der Waals surface area contributed by atoms with Crippen molar-refractivity contribution in [3.05, 3.63) is 84.6 Å². The van der Waals surface area contributed by atoms with Crippen molar-refractivity contribution in [1.82, 2.24) is 9.55 Å². The third-order valence-corrected chi connectivity index (χ3v) is 6.79. The highest BCUT2D eigenvalue weighted by atomic mass is 32.2. The van der Waals surface area contributed by atoms with Crippen LogP contribution in [0.25, 0.3) is 33.1 Å². The van der Waals surface area contributed by atoms with E-state index in [-0.39, 0.29) is 10.8 Å². The predicted octanol–water partition coefficient (Wildman–Crippen LogP) is 4.30. The van der Waals surface area contributed by atoms with E-state index >= 15 is 0 Å². The molecule has 2 heterocycles. The van der Waals surface area contributed by atoms with Crippen LogP contribution in [0.3, 0.4) is 0 Å². The van der Waals surface area contributed by atoms with Crippen LogP contribution >= 0.6 is 0 Å². The van der Waals surface area contributed by atoms with Gasteiger partial charge in [0.15, 0.2) is 0 Å². The number of carbonyl (C=O) groups is 1. The van der Waals surface area contributed by atoms with Gasteiger partial charge in [-0.25, -0.2) is 18.5 Å². The number of fused-ring (bicyclic) bond motifs is 2. The largest absolute Gasteiger partial charge is 0.497 e. The van der Waals surface area contributed by atoms with Gasteiger partial charge >= 0.3 is 0 Å². The fourth-order valence-electron chi connectivity index (χ4n) is 4.14. The van der Waals surface area contributed by atoms with Gasteiger partial charge in [-0.2, -0.15) is 0 Å². The van der Waals surface area contributed by atoms with Crippen LogP contribution in [0.15, 0.2) is 83.9 Å². The van der Waals surface area contributed by atoms with Crippen molar-refractivity contribution >= 4 is 43.4 Å². The highest BCUT2D eigenvalue weighted by molar-refractivity contribution is 7.89. The van der Waals surface area contributed by atoms with Gasteiger partial charge in [0.2, 0.25) is 10.0 Å². The summed E-state index contributed by atoms with van der Waals surface area (Å²) in [6.07, 6.45) is 1.46. The Morgan fingerprint density at radius 1 is 1.00 bits per heavy atom. The lowest BCUT2D eigenvalue weighted by atomic mass is 10.0. The number of pyridine rings is 1. The Bertz CT molecular complexity index is 1710. The van der Waals surface area contributed by atoms with E-state index in [1.807, 2.05) is 36.4 Å². The molecule has 0 aliphatic rings. The first-order chi connectivity index (χ1) is 16.7. The van der Waals surface area contributed by atoms with Crippen LogP contribution in [-0.4, -0.2) is 31.0 Å². The average molecular weight is 487 g/mol. The van der Waals surface area contributed by atoms with Gasteiger partial charge < -0.3 is 14.6 Å². The molecule has 1 amide bonds. The van der Waals surface area contributed by atoms with Gasteiger partial charge in [-0.15, -0.1) is 0 Å². The Hall–Kier alpha value is -4.21. The van der Waals surface area contributed by atoms with E-state index in [2.05, 4.69) is 5.32 Å². The van der Waals surface area contributed by atoms with E-state index in [1.54, 1.807) is 55.1 Å². The van der Waals surface area contributed by atoms with Crippen LogP contribution in [-0.2, 0) is 17.1 Å². The van der Waals surface area contributed by atoms with Crippen LogP contribution in [0.5, 0.6) is 5.75 Å². The second-order valence-electron chi connectivity index (χ2n) is 8.14. The first-order valence-electron chi connectivity index (χ1n) is 10.7. The lowest BCUT2D eigenvalue weighted by molar-refractivity contribution is 0.102. The monoisotopic (exact) mass is 486 g/mol. The molecule has 8 nitrogen and oxygen atoms in total. The van der Waals surface area contributed by atoms with E-state index < -0.39 is 10.0 Å². The molecule has 176 valence electrons. The molecule has 5 rings (SSSR count). The summed E-state index contributed by atoms with van der Waals surface area (Å²) in [5, 5.41) is 9.35. The minimum absolute atomic E-state index is 0.00319. The molecule has 0 saturated carbocycles. The Labute approximate surface area is 202 Å². The third kappa shape index (κ3) is 4.23. The molecule has 3 aromatic carbocycles. The van der Waals surface area contributed by atoms with E-state index in [0.29, 0.717) is 44.5 Å². The van der Waals surface area contributed by atoms with Crippen LogP contribution in [0.4, 0.5) is 5.69 Å². The molecule has 0 bridgehead atoms. The number of hydrogen-bond acceptors (Lipinski definition) is 5. The topological polar surface area (TPSA) is 116 Å². The zero-order valence-electron chi connectivity index (χ0n) is 19.0. The lowest BCUT2D eigenvalue weighted by Gasteiger charge is -2.12. The molecule has 35 heavy (non-hydrogen) atoms. The maximum absolute atomic E-state index is 13.5. The fraction of sp³-hybridized carbons (Fsp3) is 0.0769. The fourth-order valence-corrected chi connectivity index (χ4v) is 4.91. The normalized spacial score (nSPS) is 11.6. The smallest absolute Gasteiger partial charge is 0.256 e. The summed E-state index contributed by atoms with van der Waals surface area (Å²) >= 11 is 0. The number of nitrogens with one attached hydrogen (secondary N) is 1. The number of hydrogen-bond donors (Lipinski definition) is 2. The highest BCUT2D eigenvalue weighted by Gasteiger charge is 2.19. The predicted molar refractivity (Wildman–Crippen MR) is 136 cm³/mol. The number of amides is 1. The number of aromatic nitrogens is 2. The number of benzene rings is 3. The molecule has 0 aliphatic carbocycles. The van der Waals surface area contributed by atoms with Crippen LogP contribution in [0.1, 0.15) is 10.4 Å². The molecule has 0 unspecified atom stereocenters. The molecular formula is C26H22N4O4S. The number of nitrogens with zero attached hydrogens (tertiary/aromatic N) is 2. The summed E-state index contributed by atoms with van der Waals surface area (Å²) in [6, 6.07) is 21.8. The first-order valence-corrected chi connectivity index (χ1v) is 12.3. The Kier molecular flexibility index (Phi) is 5.50. The van der Waals surface area contributed by atoms with Crippen LogP contribution in [0, 0.1) is 0 Å². The number of sulfonamides is 1. The minimum Gasteiger partial charge on any atom is -0.497 e. The van der Waals surface area contributed by atoms with E-state index in [9.17, 15) is 13.2 Å². The maximum Gasteiger partial charge on any atom is 0.256 e. The van der Waals surface area contributed by atoms with Crippen LogP contribution in [0.2, 0.25) is 0 Å². The lowest BCUT2D eigenvalue weighted by Crippen LogP contribution is -2.13. The Morgan fingerprint density at radius 3 is 2.49 bits per heavy atom. The zero-order chi connectivity index (χ0) is 24.7. The molecule has 0 fully saturated rings. The number of carbonyl (C=O) groups excluding carboxylic acids is 1. The second-order valence-corrected chi connectivity index (χ2v) is 9.67. The molecule has 9 heteroatoms. The van der Waals surface area contributed by atoms with Crippen molar-refractivity contribution in [2.24, 2.45) is 12.2 Å². The quantitative estimate of drug-likeness (QED) is 0.384. The zero-order valence-corrected chi connectivity index (χ0v) is 19.8. The summed E-state index contributed by atoms with van der Waals surface area (Å²) < 4.78 is 31.1. The molecule has 5 aromatic rings. The second kappa shape index (κ2) is 8.53. The van der Waals surface area contributed by atoms with Gasteiger partial charge in [-0.3, -0.25) is 4.79 Å². The number of aryl methyl sites for hydroxylation is 1. The number of anilines is 1. The summed E-state index contributed by atoms with van der Waals surface area (Å²) in [6.45, 7) is 0. The Morgan fingerprint density at radius 2 is 1.77 bits per heavy atom. The van der Waals surface area contributed by atoms with E-state index in [0.717, 1.165) is 5.56 Å². The van der Waals surface area contributed by atoms with Crippen LogP contribution < -0.4 is 15.2 Å². The summed E-state index contributed by atoms with van der Waals surface area (Å²) in [4.78, 5) is 18.2. The van der Waals surface area contributed by atoms with Gasteiger partial charge in [0.1, 0.15) is 10.6 Å².